The number of hydrogen-bond acceptors (Lipinski definition) is 7. The van der Waals surface area contributed by atoms with Crippen LogP contribution in [0.2, 0.25) is 5.02 Å². The summed E-state index contributed by atoms with van der Waals surface area (Å²) in [6.07, 6.45) is 4.81. The Morgan fingerprint density at radius 2 is 2.04 bits per heavy atom. The molecule has 1 atom stereocenters. The maximum atomic E-state index is 5.95. The van der Waals surface area contributed by atoms with Gasteiger partial charge in [0.2, 0.25) is 5.13 Å². The van der Waals surface area contributed by atoms with E-state index in [0.29, 0.717) is 6.04 Å². The molecule has 6 nitrogen and oxygen atoms in total. The Bertz CT molecular complexity index is 869. The molecule has 0 aliphatic carbocycles. The average Bonchev–Trinajstić information content (AvgIpc) is 3.34. The summed E-state index contributed by atoms with van der Waals surface area (Å²) in [4.78, 5) is 4.54. The van der Waals surface area contributed by atoms with Crippen LogP contribution in [0.25, 0.3) is 0 Å². The minimum absolute atomic E-state index is 0.412. The first-order valence-electron chi connectivity index (χ1n) is 9.01. The molecule has 140 valence electrons. The smallest absolute Gasteiger partial charge is 0.208 e. The molecule has 0 amide bonds. The highest BCUT2D eigenvalue weighted by atomic mass is 35.5. The van der Waals surface area contributed by atoms with E-state index in [2.05, 4.69) is 37.2 Å². The average molecular weight is 401 g/mol. The largest absolute Gasteiger partial charge is 0.350 e. The van der Waals surface area contributed by atoms with Crippen LogP contribution >= 0.6 is 22.9 Å². The van der Waals surface area contributed by atoms with Gasteiger partial charge >= 0.3 is 0 Å². The predicted molar refractivity (Wildman–Crippen MR) is 110 cm³/mol. The standard InChI is InChI=1S/C19H21ClN6S/c1-25(13-16-4-3-11-26(16)17-5-2-10-21-22-17)19-24-23-18(27-19)12-14-6-8-15(20)9-7-14/h2,5-10,16H,3-4,11-13H2,1H3. The fourth-order valence-electron chi connectivity index (χ4n) is 3.42. The molecule has 0 radical (unpaired) electrons. The molecule has 1 fully saturated rings. The number of halogens is 1. The van der Waals surface area contributed by atoms with Gasteiger partial charge < -0.3 is 9.80 Å². The Morgan fingerprint density at radius 1 is 1.19 bits per heavy atom. The van der Waals surface area contributed by atoms with Gasteiger partial charge in [-0.25, -0.2) is 0 Å². The molecule has 3 heterocycles. The molecule has 27 heavy (non-hydrogen) atoms. The molecular weight excluding hydrogens is 380 g/mol. The van der Waals surface area contributed by atoms with Gasteiger partial charge in [-0.05, 0) is 42.7 Å². The van der Waals surface area contributed by atoms with Crippen molar-refractivity contribution in [2.75, 3.05) is 29.9 Å². The number of hydrogen-bond donors (Lipinski definition) is 0. The second-order valence-corrected chi connectivity index (χ2v) is 8.21. The Morgan fingerprint density at radius 3 is 2.81 bits per heavy atom. The van der Waals surface area contributed by atoms with E-state index >= 15 is 0 Å². The fraction of sp³-hybridized carbons (Fsp3) is 0.368. The van der Waals surface area contributed by atoms with E-state index in [-0.39, 0.29) is 0 Å². The second kappa shape index (κ2) is 8.19. The topological polar surface area (TPSA) is 58.0 Å². The minimum Gasteiger partial charge on any atom is -0.350 e. The van der Waals surface area contributed by atoms with Crippen molar-refractivity contribution in [3.8, 4) is 0 Å². The molecule has 4 rings (SSSR count). The quantitative estimate of drug-likeness (QED) is 0.629. The van der Waals surface area contributed by atoms with Crippen molar-refractivity contribution >= 4 is 33.9 Å². The van der Waals surface area contributed by atoms with Crippen LogP contribution in [-0.4, -0.2) is 46.6 Å². The number of nitrogens with zero attached hydrogens (tertiary/aromatic N) is 6. The first-order chi connectivity index (χ1) is 13.2. The van der Waals surface area contributed by atoms with Crippen LogP contribution in [0.4, 0.5) is 10.9 Å². The monoisotopic (exact) mass is 400 g/mol. The Labute approximate surface area is 167 Å². The maximum Gasteiger partial charge on any atom is 0.208 e. The predicted octanol–water partition coefficient (Wildman–Crippen LogP) is 3.68. The molecule has 0 spiro atoms. The number of rotatable bonds is 6. The van der Waals surface area contributed by atoms with Crippen LogP contribution in [-0.2, 0) is 6.42 Å². The summed E-state index contributed by atoms with van der Waals surface area (Å²) in [5, 5.41) is 19.8. The summed E-state index contributed by atoms with van der Waals surface area (Å²) in [5.41, 5.74) is 1.19. The zero-order valence-electron chi connectivity index (χ0n) is 15.1. The number of anilines is 2. The Hall–Kier alpha value is -2.25. The lowest BCUT2D eigenvalue weighted by Gasteiger charge is -2.28. The first-order valence-corrected chi connectivity index (χ1v) is 10.2. The van der Waals surface area contributed by atoms with E-state index in [4.69, 9.17) is 11.6 Å². The summed E-state index contributed by atoms with van der Waals surface area (Å²) in [6, 6.07) is 12.3. The molecule has 0 N–H and O–H groups in total. The van der Waals surface area contributed by atoms with Crippen molar-refractivity contribution in [2.45, 2.75) is 25.3 Å². The van der Waals surface area contributed by atoms with Gasteiger partial charge in [-0.1, -0.05) is 35.1 Å². The zero-order chi connectivity index (χ0) is 18.6. The third kappa shape index (κ3) is 4.36. The summed E-state index contributed by atoms with van der Waals surface area (Å²) in [7, 11) is 2.08. The van der Waals surface area contributed by atoms with Crippen LogP contribution in [0, 0.1) is 0 Å². The highest BCUT2D eigenvalue weighted by Gasteiger charge is 2.27. The first kappa shape index (κ1) is 18.1. The maximum absolute atomic E-state index is 5.95. The van der Waals surface area contributed by atoms with Gasteiger partial charge in [-0.3, -0.25) is 0 Å². The lowest BCUT2D eigenvalue weighted by atomic mass is 10.2. The third-order valence-electron chi connectivity index (χ3n) is 4.77. The second-order valence-electron chi connectivity index (χ2n) is 6.73. The molecular formula is C19H21ClN6S. The van der Waals surface area contributed by atoms with Crippen molar-refractivity contribution in [3.05, 3.63) is 58.2 Å². The van der Waals surface area contributed by atoms with Crippen molar-refractivity contribution in [2.24, 2.45) is 0 Å². The number of benzene rings is 1. The van der Waals surface area contributed by atoms with E-state index in [1.807, 2.05) is 36.4 Å². The molecule has 1 aliphatic heterocycles. The number of aromatic nitrogens is 4. The highest BCUT2D eigenvalue weighted by Crippen LogP contribution is 2.27. The Kier molecular flexibility index (Phi) is 5.50. The molecule has 3 aromatic rings. The molecule has 0 bridgehead atoms. The van der Waals surface area contributed by atoms with Crippen molar-refractivity contribution in [3.63, 3.8) is 0 Å². The van der Waals surface area contributed by atoms with Gasteiger partial charge in [0, 0.05) is 43.8 Å². The SMILES string of the molecule is CN(CC1CCCN1c1cccnn1)c1nnc(Cc2ccc(Cl)cc2)s1. The van der Waals surface area contributed by atoms with Crippen molar-refractivity contribution in [1.29, 1.82) is 0 Å². The van der Waals surface area contributed by atoms with Gasteiger partial charge in [0.1, 0.15) is 5.01 Å². The highest BCUT2D eigenvalue weighted by molar-refractivity contribution is 7.15. The van der Waals surface area contributed by atoms with E-state index in [9.17, 15) is 0 Å². The van der Waals surface area contributed by atoms with Gasteiger partial charge in [-0.15, -0.1) is 15.3 Å². The van der Waals surface area contributed by atoms with Gasteiger partial charge in [0.15, 0.2) is 5.82 Å². The summed E-state index contributed by atoms with van der Waals surface area (Å²) in [6.45, 7) is 1.92. The van der Waals surface area contributed by atoms with E-state index < -0.39 is 0 Å². The lowest BCUT2D eigenvalue weighted by Crippen LogP contribution is -2.39. The van der Waals surface area contributed by atoms with Crippen LogP contribution in [0.5, 0.6) is 0 Å². The molecule has 1 aliphatic rings. The molecule has 1 unspecified atom stereocenters. The summed E-state index contributed by atoms with van der Waals surface area (Å²) >= 11 is 7.60. The van der Waals surface area contributed by atoms with Crippen LogP contribution in [0.15, 0.2) is 42.6 Å². The van der Waals surface area contributed by atoms with Crippen LogP contribution in [0.3, 0.4) is 0 Å². The van der Waals surface area contributed by atoms with E-state index in [1.165, 1.54) is 12.0 Å². The minimum atomic E-state index is 0.412. The van der Waals surface area contributed by atoms with E-state index in [0.717, 1.165) is 46.9 Å². The van der Waals surface area contributed by atoms with Crippen molar-refractivity contribution in [1.82, 2.24) is 20.4 Å². The molecule has 1 aromatic carbocycles. The third-order valence-corrected chi connectivity index (χ3v) is 6.06. The molecule has 2 aromatic heterocycles. The molecule has 8 heteroatoms. The number of likely N-dealkylation sites (N-methyl/N-ethyl adjacent to an activating group) is 1. The van der Waals surface area contributed by atoms with Crippen molar-refractivity contribution < 1.29 is 0 Å². The summed E-state index contributed by atoms with van der Waals surface area (Å²) < 4.78 is 0. The lowest BCUT2D eigenvalue weighted by molar-refractivity contribution is 0.644. The van der Waals surface area contributed by atoms with Gasteiger partial charge in [0.25, 0.3) is 0 Å². The zero-order valence-corrected chi connectivity index (χ0v) is 16.7. The Balaban J connectivity index is 1.40. The molecule has 1 saturated heterocycles. The molecule has 0 saturated carbocycles. The van der Waals surface area contributed by atoms with E-state index in [1.54, 1.807) is 17.5 Å². The fourth-order valence-corrected chi connectivity index (χ4v) is 4.38. The summed E-state index contributed by atoms with van der Waals surface area (Å²) in [5.74, 6) is 0.953. The normalized spacial score (nSPS) is 16.7. The van der Waals surface area contributed by atoms with Gasteiger partial charge in [-0.2, -0.15) is 5.10 Å². The van der Waals surface area contributed by atoms with Gasteiger partial charge in [0.05, 0.1) is 0 Å². The van der Waals surface area contributed by atoms with Crippen LogP contribution < -0.4 is 9.80 Å². The van der Waals surface area contributed by atoms with Crippen LogP contribution in [0.1, 0.15) is 23.4 Å².